The lowest BCUT2D eigenvalue weighted by molar-refractivity contribution is -0.197. The molecule has 1 aliphatic heterocycles. The Labute approximate surface area is 197 Å². The first kappa shape index (κ1) is 23.1. The molecule has 170 valence electrons. The van der Waals surface area contributed by atoms with Gasteiger partial charge >= 0.3 is 0 Å². The number of fused-ring (bicyclic) bond motifs is 1. The van der Waals surface area contributed by atoms with Crippen LogP contribution in [0.3, 0.4) is 0 Å². The van der Waals surface area contributed by atoms with Crippen LogP contribution < -0.4 is 5.32 Å². The molecule has 1 unspecified atom stereocenters. The average molecular weight is 463 g/mol. The summed E-state index contributed by atoms with van der Waals surface area (Å²) in [5.74, 6) is -0.107. The van der Waals surface area contributed by atoms with E-state index >= 15 is 0 Å². The molecule has 8 heteroatoms. The van der Waals surface area contributed by atoms with Gasteiger partial charge in [-0.05, 0) is 42.0 Å². The van der Waals surface area contributed by atoms with E-state index in [1.807, 2.05) is 47.4 Å². The van der Waals surface area contributed by atoms with Crippen molar-refractivity contribution in [1.29, 1.82) is 5.26 Å². The van der Waals surface area contributed by atoms with Gasteiger partial charge in [-0.15, -0.1) is 11.3 Å². The molecule has 0 spiro atoms. The normalized spacial score (nSPS) is 14.3. The van der Waals surface area contributed by atoms with Crippen LogP contribution in [-0.4, -0.2) is 40.5 Å². The number of nitrogens with one attached hydrogen (secondary N) is 1. The van der Waals surface area contributed by atoms with Crippen molar-refractivity contribution < 1.29 is 14.6 Å². The maximum atomic E-state index is 12.5. The van der Waals surface area contributed by atoms with Crippen molar-refractivity contribution in [2.75, 3.05) is 18.5 Å². The zero-order valence-corrected chi connectivity index (χ0v) is 19.1. The second kappa shape index (κ2) is 11.2. The maximum Gasteiger partial charge on any atom is 0.225 e. The number of ether oxygens (including phenoxy) is 1. The fourth-order valence-electron chi connectivity index (χ4n) is 3.84. The van der Waals surface area contributed by atoms with Gasteiger partial charge in [0.15, 0.2) is 0 Å². The van der Waals surface area contributed by atoms with E-state index in [1.54, 1.807) is 12.4 Å². The molecule has 0 fully saturated rings. The number of aryl methyl sites for hydroxylation is 1. The number of benzene rings is 1. The lowest BCUT2D eigenvalue weighted by Gasteiger charge is -2.30. The van der Waals surface area contributed by atoms with Crippen molar-refractivity contribution >= 4 is 22.2 Å². The number of amides is 1. The van der Waals surface area contributed by atoms with Crippen molar-refractivity contribution in [2.45, 2.75) is 38.6 Å². The summed E-state index contributed by atoms with van der Waals surface area (Å²) in [5.41, 5.74) is 3.65. The first-order chi connectivity index (χ1) is 16.1. The zero-order valence-electron chi connectivity index (χ0n) is 18.2. The molecule has 1 amide bonds. The number of rotatable bonds is 9. The molecule has 3 heterocycles. The number of aliphatic hydroxyl groups excluding tert-OH is 1. The van der Waals surface area contributed by atoms with Crippen LogP contribution >= 0.6 is 11.3 Å². The van der Waals surface area contributed by atoms with E-state index in [0.29, 0.717) is 55.9 Å². The molecule has 2 aromatic heterocycles. The molecule has 7 nitrogen and oxygen atoms in total. The molecule has 1 aliphatic rings. The van der Waals surface area contributed by atoms with Crippen molar-refractivity contribution in [2.24, 2.45) is 0 Å². The third kappa shape index (κ3) is 6.03. The fourth-order valence-corrected chi connectivity index (χ4v) is 5.08. The number of pyridine rings is 1. The van der Waals surface area contributed by atoms with Crippen LogP contribution in [0, 0.1) is 11.3 Å². The van der Waals surface area contributed by atoms with Crippen LogP contribution in [0.1, 0.15) is 33.6 Å². The van der Waals surface area contributed by atoms with Gasteiger partial charge in [0.25, 0.3) is 0 Å². The molecule has 0 saturated carbocycles. The van der Waals surface area contributed by atoms with Crippen molar-refractivity contribution in [3.63, 3.8) is 0 Å². The number of nitrogens with zero attached hydrogens (tertiary/aromatic N) is 3. The molecule has 1 aromatic carbocycles. The molecular formula is C25H26N4O3S. The first-order valence-electron chi connectivity index (χ1n) is 10.9. The van der Waals surface area contributed by atoms with E-state index in [0.717, 1.165) is 21.6 Å². The van der Waals surface area contributed by atoms with Crippen molar-refractivity contribution in [3.05, 3.63) is 82.0 Å². The van der Waals surface area contributed by atoms with Gasteiger partial charge in [0.2, 0.25) is 12.3 Å². The summed E-state index contributed by atoms with van der Waals surface area (Å²) in [7, 11) is 0. The number of nitriles is 1. The van der Waals surface area contributed by atoms with Gasteiger partial charge in [-0.3, -0.25) is 9.78 Å². The highest BCUT2D eigenvalue weighted by atomic mass is 32.1. The van der Waals surface area contributed by atoms with Gasteiger partial charge in [-0.1, -0.05) is 36.4 Å². The second-order valence-electron chi connectivity index (χ2n) is 7.88. The van der Waals surface area contributed by atoms with Crippen molar-refractivity contribution in [1.82, 2.24) is 9.88 Å². The van der Waals surface area contributed by atoms with Crippen LogP contribution in [-0.2, 0) is 35.3 Å². The lowest BCUT2D eigenvalue weighted by atomic mass is 10.0. The van der Waals surface area contributed by atoms with E-state index in [1.165, 1.54) is 11.3 Å². The minimum atomic E-state index is -1.02. The monoisotopic (exact) mass is 462 g/mol. The number of thiophene rings is 1. The number of aliphatic hydroxyl groups is 1. The minimum Gasteiger partial charge on any atom is -0.356 e. The molecule has 0 bridgehead atoms. The quantitative estimate of drug-likeness (QED) is 0.473. The molecule has 0 radical (unpaired) electrons. The molecule has 3 aromatic rings. The van der Waals surface area contributed by atoms with Gasteiger partial charge in [0.1, 0.15) is 11.1 Å². The van der Waals surface area contributed by atoms with Gasteiger partial charge in [-0.2, -0.15) is 5.26 Å². The largest absolute Gasteiger partial charge is 0.356 e. The predicted octanol–water partition coefficient (Wildman–Crippen LogP) is 3.48. The lowest BCUT2D eigenvalue weighted by Crippen LogP contribution is -2.40. The van der Waals surface area contributed by atoms with Crippen LogP contribution in [0.15, 0.2) is 54.9 Å². The van der Waals surface area contributed by atoms with Gasteiger partial charge in [0, 0.05) is 36.8 Å². The summed E-state index contributed by atoms with van der Waals surface area (Å²) in [6.07, 6.45) is 4.78. The van der Waals surface area contributed by atoms with Crippen LogP contribution in [0.2, 0.25) is 0 Å². The van der Waals surface area contributed by atoms with E-state index in [4.69, 9.17) is 4.74 Å². The van der Waals surface area contributed by atoms with Gasteiger partial charge < -0.3 is 15.2 Å². The number of anilines is 1. The molecule has 0 saturated heterocycles. The summed E-state index contributed by atoms with van der Waals surface area (Å²) in [5, 5.41) is 23.7. The van der Waals surface area contributed by atoms with Crippen LogP contribution in [0.4, 0.5) is 5.00 Å². The highest BCUT2D eigenvalue weighted by molar-refractivity contribution is 7.16. The van der Waals surface area contributed by atoms with Crippen molar-refractivity contribution in [3.8, 4) is 6.07 Å². The Morgan fingerprint density at radius 1 is 1.24 bits per heavy atom. The number of carbonyl (C=O) groups excluding carboxylic acids is 1. The average Bonchev–Trinajstić information content (AvgIpc) is 3.20. The summed E-state index contributed by atoms with van der Waals surface area (Å²) in [4.78, 5) is 19.4. The third-order valence-electron chi connectivity index (χ3n) is 5.63. The Morgan fingerprint density at radius 2 is 2.06 bits per heavy atom. The molecule has 33 heavy (non-hydrogen) atoms. The minimum absolute atomic E-state index is 0.107. The molecule has 1 atom stereocenters. The Hall–Kier alpha value is -3.09. The summed E-state index contributed by atoms with van der Waals surface area (Å²) >= 11 is 1.41. The third-order valence-corrected chi connectivity index (χ3v) is 6.76. The SMILES string of the molecule is N#Cc1c(NC(=O)CCc2ccccc2)sc2c1CCN(C(O)OCCc1cccnc1)C2. The van der Waals surface area contributed by atoms with Crippen LogP contribution in [0.5, 0.6) is 0 Å². The fraction of sp³-hybridized carbons (Fsp3) is 0.320. The zero-order chi connectivity index (χ0) is 23.0. The van der Waals surface area contributed by atoms with E-state index < -0.39 is 6.41 Å². The Morgan fingerprint density at radius 3 is 2.82 bits per heavy atom. The topological polar surface area (TPSA) is 98.5 Å². The Bertz CT molecular complexity index is 1110. The Kier molecular flexibility index (Phi) is 7.81. The van der Waals surface area contributed by atoms with Crippen LogP contribution in [0.25, 0.3) is 0 Å². The standard InChI is InChI=1S/C25H26N4O3S/c26-15-21-20-10-13-29(25(31)32-14-11-19-7-4-12-27-16-19)17-22(20)33-24(21)28-23(30)9-8-18-5-2-1-3-6-18/h1-7,12,16,25,31H,8-11,13-14,17H2,(H,28,30). The first-order valence-corrected chi connectivity index (χ1v) is 11.8. The smallest absolute Gasteiger partial charge is 0.225 e. The van der Waals surface area contributed by atoms with E-state index in [2.05, 4.69) is 16.4 Å². The number of aromatic nitrogens is 1. The molecule has 4 rings (SSSR count). The van der Waals surface area contributed by atoms with Gasteiger partial charge in [0.05, 0.1) is 12.2 Å². The van der Waals surface area contributed by atoms with Gasteiger partial charge in [-0.25, -0.2) is 4.90 Å². The highest BCUT2D eigenvalue weighted by Gasteiger charge is 2.28. The second-order valence-corrected chi connectivity index (χ2v) is 8.99. The number of hydrogen-bond donors (Lipinski definition) is 2. The summed E-state index contributed by atoms with van der Waals surface area (Å²) in [6, 6.07) is 16.0. The van der Waals surface area contributed by atoms with E-state index in [-0.39, 0.29) is 5.91 Å². The number of hydrogen-bond acceptors (Lipinski definition) is 7. The predicted molar refractivity (Wildman–Crippen MR) is 126 cm³/mol. The Balaban J connectivity index is 1.33. The summed E-state index contributed by atoms with van der Waals surface area (Å²) < 4.78 is 5.63. The number of carbonyl (C=O) groups is 1. The maximum absolute atomic E-state index is 12.5. The molecule has 0 aliphatic carbocycles. The highest BCUT2D eigenvalue weighted by Crippen LogP contribution is 2.37. The molecular weight excluding hydrogens is 436 g/mol. The molecule has 2 N–H and O–H groups in total. The van der Waals surface area contributed by atoms with E-state index in [9.17, 15) is 15.2 Å². The summed E-state index contributed by atoms with van der Waals surface area (Å²) in [6.45, 7) is 1.43.